The number of benzene rings is 1. The van der Waals surface area contributed by atoms with Crippen molar-refractivity contribution in [2.75, 3.05) is 13.2 Å². The largest absolute Gasteiger partial charge is 0.456 e. The predicted octanol–water partition coefficient (Wildman–Crippen LogP) is 1.52. The molecule has 25 heavy (non-hydrogen) atoms. The lowest BCUT2D eigenvalue weighted by molar-refractivity contribution is -0.148. The Morgan fingerprint density at radius 3 is 2.16 bits per heavy atom. The number of nitrogens with one attached hydrogen (secondary N) is 1. The lowest BCUT2D eigenvalue weighted by atomic mass is 10.1. The molecule has 0 saturated heterocycles. The molecule has 0 atom stereocenters. The molecule has 1 aliphatic heterocycles. The number of ether oxygens (including phenoxy) is 1. The average molecular weight is 346 g/mol. The Bertz CT molecular complexity index is 647. The highest BCUT2D eigenvalue weighted by molar-refractivity contribution is 6.21. The Hall–Kier alpha value is -2.70. The van der Waals surface area contributed by atoms with E-state index in [0.717, 1.165) is 17.7 Å². The number of carbonyl (C=O) groups excluding carboxylic acids is 4. The zero-order valence-corrected chi connectivity index (χ0v) is 14.4. The van der Waals surface area contributed by atoms with Crippen LogP contribution in [0.1, 0.15) is 53.8 Å². The third-order valence-electron chi connectivity index (χ3n) is 4.13. The molecule has 1 aliphatic rings. The first-order valence-electron chi connectivity index (χ1n) is 8.38. The van der Waals surface area contributed by atoms with Gasteiger partial charge >= 0.3 is 5.97 Å². The molecule has 0 radical (unpaired) electrons. The SMILES string of the molecule is CCC(CC)NC(=O)COC(=O)CCN1C(=O)c2ccccc2C1=O. The average Bonchev–Trinajstić information content (AvgIpc) is 2.87. The highest BCUT2D eigenvalue weighted by Gasteiger charge is 2.35. The van der Waals surface area contributed by atoms with Crippen LogP contribution in [-0.2, 0) is 14.3 Å². The van der Waals surface area contributed by atoms with Gasteiger partial charge in [-0.25, -0.2) is 0 Å². The highest BCUT2D eigenvalue weighted by Crippen LogP contribution is 2.22. The summed E-state index contributed by atoms with van der Waals surface area (Å²) in [7, 11) is 0. The van der Waals surface area contributed by atoms with E-state index in [1.165, 1.54) is 0 Å². The molecule has 2 rings (SSSR count). The number of nitrogens with zero attached hydrogens (tertiary/aromatic N) is 1. The minimum absolute atomic E-state index is 0.0598. The monoisotopic (exact) mass is 346 g/mol. The molecule has 1 aromatic rings. The lowest BCUT2D eigenvalue weighted by Crippen LogP contribution is -2.37. The molecule has 0 saturated carbocycles. The Morgan fingerprint density at radius 1 is 1.08 bits per heavy atom. The molecule has 0 aromatic heterocycles. The van der Waals surface area contributed by atoms with Crippen molar-refractivity contribution in [3.8, 4) is 0 Å². The van der Waals surface area contributed by atoms with Gasteiger partial charge in [-0.05, 0) is 25.0 Å². The van der Waals surface area contributed by atoms with E-state index in [1.54, 1.807) is 24.3 Å². The summed E-state index contributed by atoms with van der Waals surface area (Å²) in [6, 6.07) is 6.58. The Kier molecular flexibility index (Phi) is 6.27. The van der Waals surface area contributed by atoms with Gasteiger partial charge in [0.25, 0.3) is 17.7 Å². The van der Waals surface area contributed by atoms with E-state index in [1.807, 2.05) is 13.8 Å². The number of rotatable bonds is 8. The van der Waals surface area contributed by atoms with Crippen LogP contribution >= 0.6 is 0 Å². The zero-order chi connectivity index (χ0) is 18.4. The van der Waals surface area contributed by atoms with Crippen molar-refractivity contribution in [1.29, 1.82) is 0 Å². The summed E-state index contributed by atoms with van der Waals surface area (Å²) in [5.74, 6) is -1.82. The summed E-state index contributed by atoms with van der Waals surface area (Å²) in [6.45, 7) is 3.49. The van der Waals surface area contributed by atoms with Crippen molar-refractivity contribution in [1.82, 2.24) is 10.2 Å². The van der Waals surface area contributed by atoms with Gasteiger partial charge in [0.2, 0.25) is 0 Å². The van der Waals surface area contributed by atoms with Crippen LogP contribution in [0.4, 0.5) is 0 Å². The maximum Gasteiger partial charge on any atom is 0.308 e. The van der Waals surface area contributed by atoms with E-state index in [4.69, 9.17) is 4.74 Å². The summed E-state index contributed by atoms with van der Waals surface area (Å²) >= 11 is 0. The van der Waals surface area contributed by atoms with Crippen LogP contribution in [0, 0.1) is 0 Å². The standard InChI is InChI=1S/C18H22N2O5/c1-3-12(4-2)19-15(21)11-25-16(22)9-10-20-17(23)13-7-5-6-8-14(13)18(20)24/h5-8,12H,3-4,9-11H2,1-2H3,(H,19,21). The molecule has 0 aliphatic carbocycles. The normalized spacial score (nSPS) is 13.2. The fourth-order valence-corrected chi connectivity index (χ4v) is 2.63. The minimum atomic E-state index is -0.628. The maximum atomic E-state index is 12.2. The van der Waals surface area contributed by atoms with Crippen LogP contribution in [0.25, 0.3) is 0 Å². The van der Waals surface area contributed by atoms with Gasteiger partial charge in [-0.1, -0.05) is 26.0 Å². The summed E-state index contributed by atoms with van der Waals surface area (Å²) in [6.07, 6.45) is 1.45. The number of amides is 3. The highest BCUT2D eigenvalue weighted by atomic mass is 16.5. The minimum Gasteiger partial charge on any atom is -0.456 e. The third-order valence-corrected chi connectivity index (χ3v) is 4.13. The Morgan fingerprint density at radius 2 is 1.64 bits per heavy atom. The van der Waals surface area contributed by atoms with Crippen LogP contribution in [0.15, 0.2) is 24.3 Å². The van der Waals surface area contributed by atoms with E-state index in [9.17, 15) is 19.2 Å². The first-order chi connectivity index (χ1) is 12.0. The summed E-state index contributed by atoms with van der Waals surface area (Å²) in [5.41, 5.74) is 0.677. The van der Waals surface area contributed by atoms with E-state index in [2.05, 4.69) is 5.32 Å². The molecule has 1 heterocycles. The van der Waals surface area contributed by atoms with Crippen LogP contribution in [0.5, 0.6) is 0 Å². The zero-order valence-electron chi connectivity index (χ0n) is 14.4. The van der Waals surface area contributed by atoms with Gasteiger partial charge in [0.15, 0.2) is 6.61 Å². The summed E-state index contributed by atoms with van der Waals surface area (Å²) in [5, 5.41) is 2.76. The van der Waals surface area contributed by atoms with Crippen molar-refractivity contribution >= 4 is 23.7 Å². The van der Waals surface area contributed by atoms with Gasteiger partial charge in [-0.3, -0.25) is 24.1 Å². The second-order valence-electron chi connectivity index (χ2n) is 5.80. The maximum absolute atomic E-state index is 12.2. The second-order valence-corrected chi connectivity index (χ2v) is 5.80. The Balaban J connectivity index is 1.79. The third kappa shape index (κ3) is 4.43. The van der Waals surface area contributed by atoms with Gasteiger partial charge in [0, 0.05) is 12.6 Å². The number of hydrogen-bond acceptors (Lipinski definition) is 5. The number of imide groups is 1. The second kappa shape index (κ2) is 8.41. The molecule has 0 spiro atoms. The summed E-state index contributed by atoms with van der Waals surface area (Å²) < 4.78 is 4.90. The molecule has 7 nitrogen and oxygen atoms in total. The first-order valence-corrected chi connectivity index (χ1v) is 8.38. The van der Waals surface area contributed by atoms with Crippen molar-refractivity contribution in [3.05, 3.63) is 35.4 Å². The molecule has 3 amide bonds. The summed E-state index contributed by atoms with van der Waals surface area (Å²) in [4.78, 5) is 48.8. The fourth-order valence-electron chi connectivity index (χ4n) is 2.63. The molecule has 0 fully saturated rings. The number of carbonyl (C=O) groups is 4. The van der Waals surface area contributed by atoms with Gasteiger partial charge in [0.1, 0.15) is 0 Å². The number of fused-ring (bicyclic) bond motifs is 1. The topological polar surface area (TPSA) is 92.8 Å². The molecular weight excluding hydrogens is 324 g/mol. The van der Waals surface area contributed by atoms with Gasteiger partial charge in [0.05, 0.1) is 17.5 Å². The van der Waals surface area contributed by atoms with Crippen molar-refractivity contribution in [2.45, 2.75) is 39.2 Å². The van der Waals surface area contributed by atoms with Crippen molar-refractivity contribution in [3.63, 3.8) is 0 Å². The van der Waals surface area contributed by atoms with E-state index >= 15 is 0 Å². The van der Waals surface area contributed by atoms with Crippen molar-refractivity contribution < 1.29 is 23.9 Å². The van der Waals surface area contributed by atoms with E-state index < -0.39 is 17.8 Å². The molecule has 134 valence electrons. The molecule has 7 heteroatoms. The van der Waals surface area contributed by atoms with Crippen LogP contribution in [0.2, 0.25) is 0 Å². The quantitative estimate of drug-likeness (QED) is 0.569. The molecular formula is C18H22N2O5. The molecule has 1 N–H and O–H groups in total. The van der Waals surface area contributed by atoms with Crippen LogP contribution < -0.4 is 5.32 Å². The smallest absolute Gasteiger partial charge is 0.308 e. The van der Waals surface area contributed by atoms with Crippen LogP contribution in [-0.4, -0.2) is 47.8 Å². The number of esters is 1. The molecule has 0 unspecified atom stereocenters. The number of hydrogen-bond donors (Lipinski definition) is 1. The van der Waals surface area contributed by atoms with E-state index in [-0.39, 0.29) is 31.5 Å². The fraction of sp³-hybridized carbons (Fsp3) is 0.444. The first kappa shape index (κ1) is 18.6. The molecule has 0 bridgehead atoms. The molecule has 1 aromatic carbocycles. The van der Waals surface area contributed by atoms with Gasteiger partial charge < -0.3 is 10.1 Å². The van der Waals surface area contributed by atoms with Gasteiger partial charge in [-0.15, -0.1) is 0 Å². The van der Waals surface area contributed by atoms with E-state index in [0.29, 0.717) is 11.1 Å². The Labute approximate surface area is 146 Å². The van der Waals surface area contributed by atoms with Gasteiger partial charge in [-0.2, -0.15) is 0 Å². The predicted molar refractivity (Wildman–Crippen MR) is 89.9 cm³/mol. The van der Waals surface area contributed by atoms with Crippen LogP contribution in [0.3, 0.4) is 0 Å². The lowest BCUT2D eigenvalue weighted by Gasteiger charge is -2.15. The van der Waals surface area contributed by atoms with Crippen molar-refractivity contribution in [2.24, 2.45) is 0 Å².